The predicted octanol–water partition coefficient (Wildman–Crippen LogP) is 2.38. The number of hydrogen-bond acceptors (Lipinski definition) is 6. The number of nitro groups is 1. The Hall–Kier alpha value is -4.08. The van der Waals surface area contributed by atoms with Gasteiger partial charge < -0.3 is 5.32 Å². The molecule has 0 saturated heterocycles. The summed E-state index contributed by atoms with van der Waals surface area (Å²) in [5.41, 5.74) is 1.06. The Balaban J connectivity index is 1.60. The molecule has 10 nitrogen and oxygen atoms in total. The van der Waals surface area contributed by atoms with E-state index in [0.29, 0.717) is 11.5 Å². The molecule has 2 amide bonds. The highest BCUT2D eigenvalue weighted by Gasteiger charge is 2.33. The van der Waals surface area contributed by atoms with Crippen molar-refractivity contribution in [1.29, 1.82) is 0 Å². The van der Waals surface area contributed by atoms with E-state index in [1.165, 1.54) is 28.9 Å². The van der Waals surface area contributed by atoms with E-state index in [2.05, 4.69) is 20.7 Å². The molecule has 10 heteroatoms. The van der Waals surface area contributed by atoms with Gasteiger partial charge in [-0.15, -0.1) is 5.10 Å². The van der Waals surface area contributed by atoms with Crippen molar-refractivity contribution in [2.24, 2.45) is 0 Å². The van der Waals surface area contributed by atoms with E-state index in [1.54, 1.807) is 0 Å². The van der Waals surface area contributed by atoms with Crippen LogP contribution in [0.15, 0.2) is 54.6 Å². The van der Waals surface area contributed by atoms with Crippen LogP contribution in [0, 0.1) is 10.1 Å². The fourth-order valence-electron chi connectivity index (χ4n) is 2.87. The normalized spacial score (nSPS) is 15.4. The molecule has 1 aliphatic rings. The molecule has 0 spiro atoms. The molecule has 1 aliphatic heterocycles. The molecular weight excluding hydrogens is 364 g/mol. The van der Waals surface area contributed by atoms with Crippen LogP contribution in [0.1, 0.15) is 12.5 Å². The summed E-state index contributed by atoms with van der Waals surface area (Å²) in [5, 5.41) is 20.4. The van der Waals surface area contributed by atoms with E-state index in [0.717, 1.165) is 5.56 Å². The van der Waals surface area contributed by atoms with Crippen molar-refractivity contribution in [3.8, 4) is 11.4 Å². The Morgan fingerprint density at radius 2 is 1.89 bits per heavy atom. The van der Waals surface area contributed by atoms with Gasteiger partial charge in [0.05, 0.1) is 11.3 Å². The third kappa shape index (κ3) is 3.30. The molecular formula is C18H14N6O4. The van der Waals surface area contributed by atoms with Crippen molar-refractivity contribution in [3.63, 3.8) is 0 Å². The maximum Gasteiger partial charge on any atom is 0.269 e. The van der Waals surface area contributed by atoms with Crippen LogP contribution >= 0.6 is 0 Å². The van der Waals surface area contributed by atoms with E-state index in [1.807, 2.05) is 30.3 Å². The SMILES string of the molecule is O=C1CC(C(=O)Nc2ccc([N+](=O)[O-])cc2)n2nc(-c3ccccc3)nc2N1. The monoisotopic (exact) mass is 378 g/mol. The van der Waals surface area contributed by atoms with Crippen LogP contribution in [-0.2, 0) is 9.59 Å². The number of rotatable bonds is 4. The minimum atomic E-state index is -0.885. The average molecular weight is 378 g/mol. The first-order chi connectivity index (χ1) is 13.5. The number of benzene rings is 2. The molecule has 1 atom stereocenters. The molecule has 0 saturated carbocycles. The summed E-state index contributed by atoms with van der Waals surface area (Å²) in [6.45, 7) is 0. The van der Waals surface area contributed by atoms with E-state index in [9.17, 15) is 19.7 Å². The number of hydrogen-bond donors (Lipinski definition) is 2. The minimum Gasteiger partial charge on any atom is -0.324 e. The molecule has 28 heavy (non-hydrogen) atoms. The van der Waals surface area contributed by atoms with Gasteiger partial charge in [-0.1, -0.05) is 30.3 Å². The summed E-state index contributed by atoms with van der Waals surface area (Å²) in [6, 6.07) is 13.7. The number of non-ortho nitro benzene ring substituents is 1. The van der Waals surface area contributed by atoms with Crippen molar-refractivity contribution >= 4 is 29.1 Å². The fraction of sp³-hybridized carbons (Fsp3) is 0.111. The first kappa shape index (κ1) is 17.3. The Labute approximate surface area is 158 Å². The summed E-state index contributed by atoms with van der Waals surface area (Å²) < 4.78 is 1.38. The van der Waals surface area contributed by atoms with Gasteiger partial charge in [-0.25, -0.2) is 4.68 Å². The first-order valence-electron chi connectivity index (χ1n) is 8.38. The minimum absolute atomic E-state index is 0.0823. The molecule has 1 aromatic heterocycles. The fourth-order valence-corrected chi connectivity index (χ4v) is 2.87. The molecule has 0 radical (unpaired) electrons. The summed E-state index contributed by atoms with van der Waals surface area (Å²) in [4.78, 5) is 39.3. The van der Waals surface area contributed by atoms with Gasteiger partial charge in [0.15, 0.2) is 5.82 Å². The van der Waals surface area contributed by atoms with E-state index >= 15 is 0 Å². The van der Waals surface area contributed by atoms with E-state index in [-0.39, 0.29) is 24.0 Å². The van der Waals surface area contributed by atoms with Gasteiger partial charge in [-0.2, -0.15) is 4.98 Å². The molecule has 2 aromatic carbocycles. The lowest BCUT2D eigenvalue weighted by molar-refractivity contribution is -0.384. The van der Waals surface area contributed by atoms with Crippen molar-refractivity contribution in [2.75, 3.05) is 10.6 Å². The molecule has 0 bridgehead atoms. The molecule has 2 N–H and O–H groups in total. The van der Waals surface area contributed by atoms with E-state index < -0.39 is 16.9 Å². The summed E-state index contributed by atoms with van der Waals surface area (Å²) >= 11 is 0. The van der Waals surface area contributed by atoms with E-state index in [4.69, 9.17) is 0 Å². The van der Waals surface area contributed by atoms with Gasteiger partial charge in [0.25, 0.3) is 5.69 Å². The van der Waals surface area contributed by atoms with Gasteiger partial charge in [0.1, 0.15) is 6.04 Å². The third-order valence-corrected chi connectivity index (χ3v) is 4.24. The van der Waals surface area contributed by atoms with Gasteiger partial charge in [-0.05, 0) is 12.1 Å². The summed E-state index contributed by atoms with van der Waals surface area (Å²) in [5.74, 6) is -0.220. The standard InChI is InChI=1S/C18H14N6O4/c25-15-10-14(17(26)19-12-6-8-13(9-7-12)24(27)28)23-18(20-15)21-16(22-23)11-4-2-1-3-5-11/h1-9,14H,10H2,(H,19,26)(H,20,21,22,25). The van der Waals surface area contributed by atoms with Crippen LogP contribution in [0.2, 0.25) is 0 Å². The number of nitrogens with one attached hydrogen (secondary N) is 2. The van der Waals surface area contributed by atoms with Gasteiger partial charge >= 0.3 is 0 Å². The molecule has 140 valence electrons. The average Bonchev–Trinajstić information content (AvgIpc) is 3.12. The number of carbonyl (C=O) groups excluding carboxylic acids is 2. The molecule has 2 heterocycles. The quantitative estimate of drug-likeness (QED) is 0.529. The number of aromatic nitrogens is 3. The number of amides is 2. The Morgan fingerprint density at radius 1 is 1.18 bits per heavy atom. The second kappa shape index (κ2) is 6.91. The van der Waals surface area contributed by atoms with Gasteiger partial charge in [0.2, 0.25) is 17.8 Å². The Bertz CT molecular complexity index is 1060. The predicted molar refractivity (Wildman–Crippen MR) is 99.5 cm³/mol. The number of nitrogens with zero attached hydrogens (tertiary/aromatic N) is 4. The second-order valence-electron chi connectivity index (χ2n) is 6.13. The lowest BCUT2D eigenvalue weighted by Crippen LogP contribution is -2.36. The molecule has 0 aliphatic carbocycles. The number of fused-ring (bicyclic) bond motifs is 1. The zero-order valence-corrected chi connectivity index (χ0v) is 14.4. The Kier molecular flexibility index (Phi) is 4.28. The second-order valence-corrected chi connectivity index (χ2v) is 6.13. The topological polar surface area (TPSA) is 132 Å². The van der Waals surface area contributed by atoms with Crippen LogP contribution in [0.5, 0.6) is 0 Å². The summed E-state index contributed by atoms with van der Waals surface area (Å²) in [7, 11) is 0. The van der Waals surface area contributed by atoms with Crippen LogP contribution in [-0.4, -0.2) is 31.5 Å². The molecule has 4 rings (SSSR count). The number of anilines is 2. The van der Waals surface area contributed by atoms with Crippen molar-refractivity contribution in [2.45, 2.75) is 12.5 Å². The highest BCUT2D eigenvalue weighted by molar-refractivity contribution is 6.00. The van der Waals surface area contributed by atoms with Crippen LogP contribution < -0.4 is 10.6 Å². The largest absolute Gasteiger partial charge is 0.324 e. The zero-order chi connectivity index (χ0) is 19.7. The van der Waals surface area contributed by atoms with Crippen LogP contribution in [0.3, 0.4) is 0 Å². The highest BCUT2D eigenvalue weighted by atomic mass is 16.6. The van der Waals surface area contributed by atoms with Gasteiger partial charge in [-0.3, -0.25) is 25.0 Å². The smallest absolute Gasteiger partial charge is 0.269 e. The molecule has 3 aromatic rings. The molecule has 0 fully saturated rings. The van der Waals surface area contributed by atoms with Gasteiger partial charge in [0, 0.05) is 23.4 Å². The zero-order valence-electron chi connectivity index (χ0n) is 14.4. The van der Waals surface area contributed by atoms with Crippen molar-refractivity contribution < 1.29 is 14.5 Å². The third-order valence-electron chi connectivity index (χ3n) is 4.24. The molecule has 1 unspecified atom stereocenters. The van der Waals surface area contributed by atoms with Crippen LogP contribution in [0.4, 0.5) is 17.3 Å². The maximum atomic E-state index is 12.7. The lowest BCUT2D eigenvalue weighted by Gasteiger charge is -2.22. The van der Waals surface area contributed by atoms with Crippen LogP contribution in [0.25, 0.3) is 11.4 Å². The lowest BCUT2D eigenvalue weighted by atomic mass is 10.1. The maximum absolute atomic E-state index is 12.7. The highest BCUT2D eigenvalue weighted by Crippen LogP contribution is 2.27. The van der Waals surface area contributed by atoms with Crippen molar-refractivity contribution in [1.82, 2.24) is 14.8 Å². The number of nitro benzene ring substituents is 1. The summed E-state index contributed by atoms with van der Waals surface area (Å²) in [6.07, 6.45) is -0.0938. The first-order valence-corrected chi connectivity index (χ1v) is 8.38. The van der Waals surface area contributed by atoms with Crippen molar-refractivity contribution in [3.05, 3.63) is 64.7 Å². The Morgan fingerprint density at radius 3 is 2.57 bits per heavy atom. The number of carbonyl (C=O) groups is 2.